The van der Waals surface area contributed by atoms with Crippen molar-refractivity contribution in [2.24, 2.45) is 5.92 Å². The van der Waals surface area contributed by atoms with Crippen molar-refractivity contribution in [1.29, 1.82) is 0 Å². The molecular weight excluding hydrogens is 256 g/mol. The zero-order valence-electron chi connectivity index (χ0n) is 12.1. The Bertz CT molecular complexity index is 496. The lowest BCUT2D eigenvalue weighted by Crippen LogP contribution is -2.26. The summed E-state index contributed by atoms with van der Waals surface area (Å²) in [5, 5.41) is 0. The topological polar surface area (TPSA) is 49.9 Å². The van der Waals surface area contributed by atoms with E-state index in [9.17, 15) is 9.59 Å². The largest absolute Gasteiger partial charge is 0.466 e. The Morgan fingerprint density at radius 1 is 1.35 bits per heavy atom. The lowest BCUT2D eigenvalue weighted by molar-refractivity contribution is -0.147. The predicted octanol–water partition coefficient (Wildman–Crippen LogP) is 1.67. The van der Waals surface area contributed by atoms with E-state index in [-0.39, 0.29) is 24.2 Å². The first-order chi connectivity index (χ1) is 9.52. The van der Waals surface area contributed by atoms with Gasteiger partial charge in [0.2, 0.25) is 5.91 Å². The van der Waals surface area contributed by atoms with Crippen LogP contribution in [0.15, 0.2) is 24.3 Å². The van der Waals surface area contributed by atoms with Gasteiger partial charge in [-0.3, -0.25) is 9.59 Å². The number of nitrogens with zero attached hydrogens (tertiary/aromatic N) is 2. The highest BCUT2D eigenvalue weighted by molar-refractivity contribution is 5.99. The van der Waals surface area contributed by atoms with Gasteiger partial charge in [0.15, 0.2) is 0 Å². The van der Waals surface area contributed by atoms with Crippen LogP contribution in [0.4, 0.5) is 11.4 Å². The van der Waals surface area contributed by atoms with E-state index in [0.717, 1.165) is 11.4 Å². The van der Waals surface area contributed by atoms with Gasteiger partial charge >= 0.3 is 5.97 Å². The van der Waals surface area contributed by atoms with Gasteiger partial charge in [0.25, 0.3) is 0 Å². The first-order valence-electron chi connectivity index (χ1n) is 6.77. The third kappa shape index (κ3) is 2.92. The highest BCUT2D eigenvalue weighted by Gasteiger charge is 2.35. The molecule has 1 heterocycles. The van der Waals surface area contributed by atoms with Crippen molar-refractivity contribution in [3.63, 3.8) is 0 Å². The Balaban J connectivity index is 2.09. The van der Waals surface area contributed by atoms with Gasteiger partial charge in [0.1, 0.15) is 0 Å². The van der Waals surface area contributed by atoms with Gasteiger partial charge in [-0.1, -0.05) is 0 Å². The van der Waals surface area contributed by atoms with Crippen molar-refractivity contribution in [2.45, 2.75) is 13.3 Å². The molecule has 0 aromatic heterocycles. The molecule has 108 valence electrons. The van der Waals surface area contributed by atoms with Gasteiger partial charge < -0.3 is 14.5 Å². The van der Waals surface area contributed by atoms with Gasteiger partial charge in [0.05, 0.1) is 12.5 Å². The van der Waals surface area contributed by atoms with Crippen LogP contribution in [0.3, 0.4) is 0 Å². The zero-order valence-corrected chi connectivity index (χ0v) is 12.1. The Labute approximate surface area is 119 Å². The molecule has 1 amide bonds. The smallest absolute Gasteiger partial charge is 0.311 e. The number of rotatable bonds is 4. The number of amides is 1. The van der Waals surface area contributed by atoms with Gasteiger partial charge in [-0.25, -0.2) is 0 Å². The highest BCUT2D eigenvalue weighted by atomic mass is 16.5. The van der Waals surface area contributed by atoms with Gasteiger partial charge in [-0.15, -0.1) is 0 Å². The predicted molar refractivity (Wildman–Crippen MR) is 77.9 cm³/mol. The monoisotopic (exact) mass is 276 g/mol. The van der Waals surface area contributed by atoms with E-state index in [1.807, 2.05) is 43.3 Å². The molecule has 1 aromatic rings. The van der Waals surface area contributed by atoms with Crippen molar-refractivity contribution >= 4 is 23.3 Å². The maximum absolute atomic E-state index is 12.0. The maximum Gasteiger partial charge on any atom is 0.311 e. The second kappa shape index (κ2) is 5.94. The standard InChI is InChI=1S/C15H20N2O3/c1-4-20-15(19)11-9-14(18)17(10-11)13-7-5-12(6-8-13)16(2)3/h5-8,11H,4,9-10H2,1-3H3/t11-/m1/s1. The summed E-state index contributed by atoms with van der Waals surface area (Å²) in [5.41, 5.74) is 1.90. The molecule has 0 radical (unpaired) electrons. The summed E-state index contributed by atoms with van der Waals surface area (Å²) >= 11 is 0. The Morgan fingerprint density at radius 2 is 2.00 bits per heavy atom. The summed E-state index contributed by atoms with van der Waals surface area (Å²) in [7, 11) is 3.93. The summed E-state index contributed by atoms with van der Waals surface area (Å²) in [6, 6.07) is 7.72. The molecule has 0 aliphatic carbocycles. The second-order valence-electron chi connectivity index (χ2n) is 5.07. The van der Waals surface area contributed by atoms with E-state index in [2.05, 4.69) is 0 Å². The molecule has 1 aromatic carbocycles. The van der Waals surface area contributed by atoms with Crippen LogP contribution in [-0.4, -0.2) is 39.1 Å². The third-order valence-electron chi connectivity index (χ3n) is 3.42. The molecule has 20 heavy (non-hydrogen) atoms. The quantitative estimate of drug-likeness (QED) is 0.785. The van der Waals surface area contributed by atoms with E-state index in [1.165, 1.54) is 0 Å². The van der Waals surface area contributed by atoms with Crippen LogP contribution in [0.25, 0.3) is 0 Å². The molecule has 2 rings (SSSR count). The van der Waals surface area contributed by atoms with Crippen LogP contribution in [0, 0.1) is 5.92 Å². The van der Waals surface area contributed by atoms with Crippen molar-refractivity contribution < 1.29 is 14.3 Å². The fourth-order valence-electron chi connectivity index (χ4n) is 2.31. The average Bonchev–Trinajstić information content (AvgIpc) is 2.81. The van der Waals surface area contributed by atoms with Crippen LogP contribution in [0.1, 0.15) is 13.3 Å². The molecule has 1 fully saturated rings. The first kappa shape index (κ1) is 14.4. The summed E-state index contributed by atoms with van der Waals surface area (Å²) < 4.78 is 4.98. The minimum Gasteiger partial charge on any atom is -0.466 e. The lowest BCUT2D eigenvalue weighted by Gasteiger charge is -2.18. The van der Waals surface area contributed by atoms with E-state index >= 15 is 0 Å². The average molecular weight is 276 g/mol. The number of hydrogen-bond acceptors (Lipinski definition) is 4. The molecule has 5 heteroatoms. The third-order valence-corrected chi connectivity index (χ3v) is 3.42. The van der Waals surface area contributed by atoms with Gasteiger partial charge in [-0.05, 0) is 31.2 Å². The second-order valence-corrected chi connectivity index (χ2v) is 5.07. The van der Waals surface area contributed by atoms with Gasteiger partial charge in [0, 0.05) is 38.4 Å². The minimum absolute atomic E-state index is 0.0272. The molecule has 1 atom stereocenters. The van der Waals surface area contributed by atoms with E-state index in [4.69, 9.17) is 4.74 Å². The van der Waals surface area contributed by atoms with Crippen molar-refractivity contribution in [2.75, 3.05) is 37.0 Å². The highest BCUT2D eigenvalue weighted by Crippen LogP contribution is 2.27. The van der Waals surface area contributed by atoms with Crippen molar-refractivity contribution in [1.82, 2.24) is 0 Å². The number of benzene rings is 1. The lowest BCUT2D eigenvalue weighted by atomic mass is 10.1. The molecule has 0 spiro atoms. The van der Waals surface area contributed by atoms with Crippen molar-refractivity contribution in [3.05, 3.63) is 24.3 Å². The summed E-state index contributed by atoms with van der Waals surface area (Å²) in [6.45, 7) is 2.52. The SMILES string of the molecule is CCOC(=O)[C@@H]1CC(=O)N(c2ccc(N(C)C)cc2)C1. The molecule has 1 aliphatic heterocycles. The number of carbonyl (C=O) groups is 2. The van der Waals surface area contributed by atoms with Gasteiger partial charge in [-0.2, -0.15) is 0 Å². The van der Waals surface area contributed by atoms with Crippen LogP contribution in [0.2, 0.25) is 0 Å². The zero-order chi connectivity index (χ0) is 14.7. The molecule has 0 saturated carbocycles. The number of esters is 1. The summed E-state index contributed by atoms with van der Waals surface area (Å²) in [6.07, 6.45) is 0.230. The number of hydrogen-bond donors (Lipinski definition) is 0. The molecule has 0 unspecified atom stereocenters. The fourth-order valence-corrected chi connectivity index (χ4v) is 2.31. The molecule has 0 N–H and O–H groups in total. The number of ether oxygens (including phenoxy) is 1. The van der Waals surface area contributed by atoms with Crippen LogP contribution >= 0.6 is 0 Å². The summed E-state index contributed by atoms with van der Waals surface area (Å²) in [5.74, 6) is -0.662. The van der Waals surface area contributed by atoms with Crippen LogP contribution in [-0.2, 0) is 14.3 Å². The number of anilines is 2. The first-order valence-corrected chi connectivity index (χ1v) is 6.77. The Kier molecular flexibility index (Phi) is 4.27. The van der Waals surface area contributed by atoms with Crippen LogP contribution < -0.4 is 9.80 Å². The van der Waals surface area contributed by atoms with E-state index in [1.54, 1.807) is 11.8 Å². The fraction of sp³-hybridized carbons (Fsp3) is 0.467. The van der Waals surface area contributed by atoms with Crippen molar-refractivity contribution in [3.8, 4) is 0 Å². The Morgan fingerprint density at radius 3 is 2.55 bits per heavy atom. The molecular formula is C15H20N2O3. The van der Waals surface area contributed by atoms with E-state index < -0.39 is 0 Å². The molecule has 1 aliphatic rings. The molecule has 5 nitrogen and oxygen atoms in total. The molecule has 0 bridgehead atoms. The minimum atomic E-state index is -0.351. The number of carbonyl (C=O) groups excluding carboxylic acids is 2. The normalized spacial score (nSPS) is 18.2. The summed E-state index contributed by atoms with van der Waals surface area (Å²) in [4.78, 5) is 27.4. The Hall–Kier alpha value is -2.04. The van der Waals surface area contributed by atoms with Crippen LogP contribution in [0.5, 0.6) is 0 Å². The molecule has 1 saturated heterocycles. The van der Waals surface area contributed by atoms with E-state index in [0.29, 0.717) is 13.2 Å². The maximum atomic E-state index is 12.0.